The Morgan fingerprint density at radius 2 is 1.38 bits per heavy atom. The number of fused-ring (bicyclic) bond motifs is 2. The Labute approximate surface area is 276 Å². The van der Waals surface area contributed by atoms with Gasteiger partial charge < -0.3 is 18.9 Å². The average molecular weight is 717 g/mol. The minimum Gasteiger partial charge on any atom is -0.456 e. The SMILES string of the molecule is C[C@@H]1CC[C@H]2C(CS(=O)CC3=C(C(F)(F)F)O[C@@H]4OC5(C)CCC6[C@H](C)CC[C@@H]3[C@]64OO5)=C(C(F)(F)F)O[C@@H]3O[C@@H](C)CCC1C32OO. The van der Waals surface area contributed by atoms with Crippen LogP contribution in [-0.4, -0.2) is 69.0 Å². The minimum absolute atomic E-state index is 0.0202. The third-order valence-corrected chi connectivity index (χ3v) is 13.5. The lowest BCUT2D eigenvalue weighted by Crippen LogP contribution is -2.67. The number of hydrogen-bond donors (Lipinski definition) is 1. The molecule has 0 aromatic rings. The molecular formula is C32H42F6O9S. The van der Waals surface area contributed by atoms with Crippen LogP contribution in [0.25, 0.3) is 0 Å². The Balaban J connectivity index is 1.28. The smallest absolute Gasteiger partial charge is 0.449 e. The fourth-order valence-electron chi connectivity index (χ4n) is 10.0. The molecule has 6 heterocycles. The largest absolute Gasteiger partial charge is 0.456 e. The Morgan fingerprint density at radius 3 is 2.00 bits per heavy atom. The lowest BCUT2D eigenvalue weighted by molar-refractivity contribution is -0.557. The van der Waals surface area contributed by atoms with Crippen LogP contribution in [0.4, 0.5) is 26.3 Å². The van der Waals surface area contributed by atoms with E-state index >= 15 is 0 Å². The molecule has 2 bridgehead atoms. The molecule has 16 heteroatoms. The van der Waals surface area contributed by atoms with E-state index in [0.29, 0.717) is 38.5 Å². The summed E-state index contributed by atoms with van der Waals surface area (Å²) in [5, 5.41) is 10.4. The van der Waals surface area contributed by atoms with E-state index in [1.165, 1.54) is 0 Å². The van der Waals surface area contributed by atoms with Crippen molar-refractivity contribution in [2.75, 3.05) is 11.5 Å². The van der Waals surface area contributed by atoms with Gasteiger partial charge in [0.1, 0.15) is 0 Å². The molecule has 0 radical (unpaired) electrons. The van der Waals surface area contributed by atoms with E-state index in [4.69, 9.17) is 33.6 Å². The fraction of sp³-hybridized carbons (Fsp3) is 0.875. The normalized spacial score (nSPS) is 46.5. The molecule has 0 aromatic carbocycles. The van der Waals surface area contributed by atoms with E-state index < -0.39 is 105 Å². The third kappa shape index (κ3) is 5.28. The van der Waals surface area contributed by atoms with Crippen LogP contribution in [0.5, 0.6) is 0 Å². The zero-order valence-corrected chi connectivity index (χ0v) is 28.0. The van der Waals surface area contributed by atoms with Crippen LogP contribution in [0.15, 0.2) is 22.7 Å². The third-order valence-electron chi connectivity index (χ3n) is 12.2. The van der Waals surface area contributed by atoms with Crippen LogP contribution in [-0.2, 0) is 44.4 Å². The highest BCUT2D eigenvalue weighted by atomic mass is 32.2. The van der Waals surface area contributed by atoms with E-state index in [2.05, 4.69) is 0 Å². The number of rotatable bonds is 5. The molecule has 13 atom stereocenters. The van der Waals surface area contributed by atoms with Gasteiger partial charge in [-0.05, 0) is 81.8 Å². The lowest BCUT2D eigenvalue weighted by atomic mass is 9.59. The van der Waals surface area contributed by atoms with E-state index in [1.54, 1.807) is 13.8 Å². The zero-order chi connectivity index (χ0) is 34.6. The highest BCUT2D eigenvalue weighted by Crippen LogP contribution is 2.62. The van der Waals surface area contributed by atoms with Crippen molar-refractivity contribution in [2.45, 2.75) is 127 Å². The second kappa shape index (κ2) is 11.8. The molecule has 2 saturated carbocycles. The van der Waals surface area contributed by atoms with Gasteiger partial charge in [0, 0.05) is 52.4 Å². The average Bonchev–Trinajstić information content (AvgIpc) is 3.31. The molecule has 8 aliphatic rings. The molecule has 1 N–H and O–H groups in total. The van der Waals surface area contributed by atoms with E-state index in [0.717, 1.165) is 0 Å². The first kappa shape index (κ1) is 35.0. The summed E-state index contributed by atoms with van der Waals surface area (Å²) in [6.07, 6.45) is -10.4. The minimum atomic E-state index is -5.04. The fourth-order valence-corrected chi connectivity index (χ4v) is 11.5. The summed E-state index contributed by atoms with van der Waals surface area (Å²) in [5.41, 5.74) is -3.94. The molecule has 9 nitrogen and oxygen atoms in total. The van der Waals surface area contributed by atoms with Gasteiger partial charge >= 0.3 is 12.4 Å². The summed E-state index contributed by atoms with van der Waals surface area (Å²) in [6.45, 7) is 7.18. The van der Waals surface area contributed by atoms with Gasteiger partial charge in [-0.3, -0.25) is 9.47 Å². The van der Waals surface area contributed by atoms with Crippen molar-refractivity contribution in [3.8, 4) is 0 Å². The monoisotopic (exact) mass is 716 g/mol. The van der Waals surface area contributed by atoms with Crippen LogP contribution in [0.3, 0.4) is 0 Å². The van der Waals surface area contributed by atoms with Gasteiger partial charge in [-0.2, -0.15) is 26.3 Å². The molecule has 0 aromatic heterocycles. The van der Waals surface area contributed by atoms with Crippen LogP contribution in [0.2, 0.25) is 0 Å². The van der Waals surface area contributed by atoms with Gasteiger partial charge in [0.2, 0.25) is 29.9 Å². The summed E-state index contributed by atoms with van der Waals surface area (Å²) in [7, 11) is -2.33. The summed E-state index contributed by atoms with van der Waals surface area (Å²) < 4.78 is 125. The molecule has 5 unspecified atom stereocenters. The zero-order valence-electron chi connectivity index (χ0n) is 27.2. The maximum atomic E-state index is 14.7. The Morgan fingerprint density at radius 1 is 0.792 bits per heavy atom. The van der Waals surface area contributed by atoms with Crippen LogP contribution in [0, 0.1) is 35.5 Å². The molecule has 6 fully saturated rings. The predicted molar refractivity (Wildman–Crippen MR) is 154 cm³/mol. The topological polar surface area (TPSA) is 102 Å². The quantitative estimate of drug-likeness (QED) is 0.182. The van der Waals surface area contributed by atoms with Crippen molar-refractivity contribution in [1.82, 2.24) is 0 Å². The number of halogens is 6. The molecule has 48 heavy (non-hydrogen) atoms. The second-order valence-electron chi connectivity index (χ2n) is 15.0. The maximum Gasteiger partial charge on any atom is 0.449 e. The number of ether oxygens (including phenoxy) is 4. The lowest BCUT2D eigenvalue weighted by Gasteiger charge is -2.57. The predicted octanol–water partition coefficient (Wildman–Crippen LogP) is 7.06. The Kier molecular flexibility index (Phi) is 8.61. The molecule has 8 rings (SSSR count). The molecule has 0 amide bonds. The Bertz CT molecular complexity index is 1320. The van der Waals surface area contributed by atoms with Gasteiger partial charge in [-0.1, -0.05) is 13.8 Å². The van der Waals surface area contributed by atoms with Crippen molar-refractivity contribution >= 4 is 10.8 Å². The number of alkyl halides is 6. The molecular weight excluding hydrogens is 674 g/mol. The van der Waals surface area contributed by atoms with Gasteiger partial charge in [0.25, 0.3) is 0 Å². The summed E-state index contributed by atoms with van der Waals surface area (Å²) in [5.74, 6) is -8.50. The highest BCUT2D eigenvalue weighted by molar-refractivity contribution is 7.85. The summed E-state index contributed by atoms with van der Waals surface area (Å²) in [4.78, 5) is 16.8. The molecule has 6 aliphatic heterocycles. The number of hydrogen-bond acceptors (Lipinski definition) is 9. The van der Waals surface area contributed by atoms with E-state index in [-0.39, 0.29) is 36.2 Å². The van der Waals surface area contributed by atoms with Crippen LogP contribution < -0.4 is 0 Å². The van der Waals surface area contributed by atoms with Gasteiger partial charge in [0.05, 0.1) is 6.10 Å². The van der Waals surface area contributed by atoms with Gasteiger partial charge in [-0.25, -0.2) is 14.7 Å². The maximum absolute atomic E-state index is 14.7. The highest BCUT2D eigenvalue weighted by Gasteiger charge is 2.71. The molecule has 4 saturated heterocycles. The van der Waals surface area contributed by atoms with E-state index in [9.17, 15) is 35.8 Å². The Hall–Kier alpha value is -1.43. The van der Waals surface area contributed by atoms with Gasteiger partial charge in [-0.15, -0.1) is 0 Å². The molecule has 272 valence electrons. The van der Waals surface area contributed by atoms with Gasteiger partial charge in [0.15, 0.2) is 11.2 Å². The van der Waals surface area contributed by atoms with Crippen LogP contribution in [0.1, 0.15) is 79.1 Å². The summed E-state index contributed by atoms with van der Waals surface area (Å²) in [6, 6.07) is 0. The first-order valence-electron chi connectivity index (χ1n) is 16.8. The van der Waals surface area contributed by atoms with Crippen LogP contribution >= 0.6 is 0 Å². The molecule has 2 aliphatic carbocycles. The van der Waals surface area contributed by atoms with Crippen molar-refractivity contribution in [2.24, 2.45) is 35.5 Å². The standard InChI is InChI=1S/C32H42F6O9S/c1-15-5-8-22-18(24(31(33,34)35)42-26-29(22,45-39)20(15)10-7-17(3)41-26)13-48(40)14-19-23-9-6-16(2)21-11-12-28(4)44-27(30(21,23)47-46-28)43-25(19)32(36,37)38/h15-17,20-23,26-27,39H,5-14H2,1-4H3/t15-,16-,17+,20?,21?,22+,23+,26+,27-,28?,29?,30-,48?/m1/s1. The number of allylic oxidation sites excluding steroid dienone is 2. The second-order valence-corrected chi connectivity index (χ2v) is 16.5. The summed E-state index contributed by atoms with van der Waals surface area (Å²) >= 11 is 0. The van der Waals surface area contributed by atoms with Crippen molar-refractivity contribution < 1.29 is 69.4 Å². The molecule has 1 spiro atoms. The first-order chi connectivity index (χ1) is 22.4. The van der Waals surface area contributed by atoms with E-state index in [1.807, 2.05) is 13.8 Å². The van der Waals surface area contributed by atoms with Crippen molar-refractivity contribution in [1.29, 1.82) is 0 Å². The van der Waals surface area contributed by atoms with Crippen molar-refractivity contribution in [3.63, 3.8) is 0 Å². The van der Waals surface area contributed by atoms with Crippen molar-refractivity contribution in [3.05, 3.63) is 22.7 Å². The first-order valence-corrected chi connectivity index (χ1v) is 18.2.